The summed E-state index contributed by atoms with van der Waals surface area (Å²) in [6.07, 6.45) is 3.98. The molecule has 1 aliphatic heterocycles. The van der Waals surface area contributed by atoms with E-state index in [0.717, 1.165) is 42.6 Å². The third kappa shape index (κ3) is 3.60. The minimum absolute atomic E-state index is 0.00639. The predicted octanol–water partition coefficient (Wildman–Crippen LogP) is 4.98. The van der Waals surface area contributed by atoms with Crippen LogP contribution in [0.15, 0.2) is 29.1 Å². The van der Waals surface area contributed by atoms with Gasteiger partial charge in [-0.2, -0.15) is 0 Å². The Hall–Kier alpha value is -2.18. The van der Waals surface area contributed by atoms with Gasteiger partial charge >= 0.3 is 0 Å². The Bertz CT molecular complexity index is 1130. The normalized spacial score (nSPS) is 15.0. The molecule has 4 rings (SSSR count). The monoisotopic (exact) mass is 429 g/mol. The number of amides is 1. The number of nitrogens with zero attached hydrogens (tertiary/aromatic N) is 3. The average Bonchev–Trinajstić information content (AvgIpc) is 2.88. The molecule has 0 aliphatic carbocycles. The van der Waals surface area contributed by atoms with E-state index in [-0.39, 0.29) is 17.5 Å². The second-order valence-electron chi connectivity index (χ2n) is 7.68. The number of hydrogen-bond donors (Lipinski definition) is 0. The fourth-order valence-electron chi connectivity index (χ4n) is 3.91. The lowest BCUT2D eigenvalue weighted by atomic mass is 10.1. The molecule has 5 nitrogen and oxygen atoms in total. The van der Waals surface area contributed by atoms with E-state index < -0.39 is 0 Å². The fourth-order valence-corrected chi connectivity index (χ4v) is 5.21. The van der Waals surface area contributed by atoms with Crippen molar-refractivity contribution in [3.8, 4) is 0 Å². The van der Waals surface area contributed by atoms with Crippen molar-refractivity contribution in [1.29, 1.82) is 0 Å². The molecule has 0 saturated heterocycles. The van der Waals surface area contributed by atoms with Gasteiger partial charge in [0.25, 0.3) is 11.5 Å². The van der Waals surface area contributed by atoms with Crippen molar-refractivity contribution in [2.75, 3.05) is 7.05 Å². The van der Waals surface area contributed by atoms with Gasteiger partial charge in [0.2, 0.25) is 0 Å². The molecule has 0 radical (unpaired) electrons. The smallest absolute Gasteiger partial charge is 0.264 e. The van der Waals surface area contributed by atoms with Crippen LogP contribution in [-0.2, 0) is 13.0 Å². The molecule has 0 N–H and O–H groups in total. The summed E-state index contributed by atoms with van der Waals surface area (Å²) in [5.41, 5.74) is 1.74. The van der Waals surface area contributed by atoms with Crippen LogP contribution in [-0.4, -0.2) is 27.4 Å². The second-order valence-corrected chi connectivity index (χ2v) is 9.11. The largest absolute Gasteiger partial charge is 0.334 e. The summed E-state index contributed by atoms with van der Waals surface area (Å²) in [5, 5.41) is 1.26. The highest BCUT2D eigenvalue weighted by Gasteiger charge is 2.26. The summed E-state index contributed by atoms with van der Waals surface area (Å²) >= 11 is 7.31. The topological polar surface area (TPSA) is 55.2 Å². The standard InChI is InChI=1S/C22H24ClN3O2S/c1-13-18-20(24-17-7-5-4-6-12-26(17)21(18)27)29-19(13)22(28)25(3)14(2)15-8-10-16(23)11-9-15/h8-11,14H,4-7,12H2,1-3H3. The number of hydrogen-bond acceptors (Lipinski definition) is 4. The summed E-state index contributed by atoms with van der Waals surface area (Å²) in [4.78, 5) is 34.2. The van der Waals surface area contributed by atoms with Crippen molar-refractivity contribution in [3.05, 3.63) is 61.5 Å². The maximum absolute atomic E-state index is 13.3. The van der Waals surface area contributed by atoms with E-state index in [1.54, 1.807) is 11.9 Å². The third-order valence-electron chi connectivity index (χ3n) is 5.86. The molecular formula is C22H24ClN3O2S. The van der Waals surface area contributed by atoms with Gasteiger partial charge in [0.05, 0.1) is 16.3 Å². The molecule has 3 aromatic rings. The second kappa shape index (κ2) is 7.92. The van der Waals surface area contributed by atoms with Crippen LogP contribution >= 0.6 is 22.9 Å². The first-order chi connectivity index (χ1) is 13.9. The van der Waals surface area contributed by atoms with E-state index in [1.807, 2.05) is 42.7 Å². The van der Waals surface area contributed by atoms with Crippen molar-refractivity contribution in [2.24, 2.45) is 0 Å². The first kappa shape index (κ1) is 20.1. The number of aromatic nitrogens is 2. The minimum Gasteiger partial charge on any atom is -0.334 e. The molecule has 29 heavy (non-hydrogen) atoms. The quantitative estimate of drug-likeness (QED) is 0.590. The van der Waals surface area contributed by atoms with Gasteiger partial charge in [-0.15, -0.1) is 11.3 Å². The minimum atomic E-state index is -0.116. The lowest BCUT2D eigenvalue weighted by Crippen LogP contribution is -2.29. The maximum atomic E-state index is 13.3. The molecule has 1 unspecified atom stereocenters. The van der Waals surface area contributed by atoms with Crippen LogP contribution in [0.3, 0.4) is 0 Å². The number of benzene rings is 1. The average molecular weight is 430 g/mol. The van der Waals surface area contributed by atoms with Crippen LogP contribution in [0.5, 0.6) is 0 Å². The number of halogens is 1. The number of carbonyl (C=O) groups is 1. The van der Waals surface area contributed by atoms with Gasteiger partial charge in [-0.25, -0.2) is 4.98 Å². The van der Waals surface area contributed by atoms with Crippen molar-refractivity contribution in [2.45, 2.75) is 52.1 Å². The molecule has 1 aliphatic rings. The number of fused-ring (bicyclic) bond motifs is 2. The van der Waals surface area contributed by atoms with E-state index in [9.17, 15) is 9.59 Å². The Balaban J connectivity index is 1.72. The molecule has 3 heterocycles. The van der Waals surface area contributed by atoms with Gasteiger partial charge in [-0.05, 0) is 49.9 Å². The number of thiophene rings is 1. The van der Waals surface area contributed by atoms with Crippen LogP contribution in [0, 0.1) is 6.92 Å². The van der Waals surface area contributed by atoms with E-state index >= 15 is 0 Å². The van der Waals surface area contributed by atoms with Crippen LogP contribution in [0.2, 0.25) is 5.02 Å². The van der Waals surface area contributed by atoms with E-state index in [1.165, 1.54) is 11.3 Å². The van der Waals surface area contributed by atoms with Crippen molar-refractivity contribution < 1.29 is 4.79 Å². The number of aryl methyl sites for hydroxylation is 2. The highest BCUT2D eigenvalue weighted by atomic mass is 35.5. The predicted molar refractivity (Wildman–Crippen MR) is 118 cm³/mol. The lowest BCUT2D eigenvalue weighted by molar-refractivity contribution is 0.0747. The van der Waals surface area contributed by atoms with Crippen LogP contribution < -0.4 is 5.56 Å². The van der Waals surface area contributed by atoms with Crippen LogP contribution in [0.4, 0.5) is 0 Å². The Morgan fingerprint density at radius 2 is 1.97 bits per heavy atom. The number of rotatable bonds is 3. The van der Waals surface area contributed by atoms with Gasteiger partial charge in [0.1, 0.15) is 10.7 Å². The Kier molecular flexibility index (Phi) is 5.49. The molecule has 1 atom stereocenters. The van der Waals surface area contributed by atoms with Gasteiger partial charge in [0.15, 0.2) is 0 Å². The number of carbonyl (C=O) groups excluding carboxylic acids is 1. The van der Waals surface area contributed by atoms with Crippen LogP contribution in [0.25, 0.3) is 10.2 Å². The molecular weight excluding hydrogens is 406 g/mol. The van der Waals surface area contributed by atoms with E-state index in [4.69, 9.17) is 16.6 Å². The summed E-state index contributed by atoms with van der Waals surface area (Å²) in [5.74, 6) is 0.760. The molecule has 0 saturated carbocycles. The fraction of sp³-hybridized carbons (Fsp3) is 0.409. The lowest BCUT2D eigenvalue weighted by Gasteiger charge is -2.25. The molecule has 1 aromatic carbocycles. The van der Waals surface area contributed by atoms with E-state index in [2.05, 4.69) is 0 Å². The SMILES string of the molecule is Cc1c(C(=O)N(C)C(C)c2ccc(Cl)cc2)sc2nc3n(c(=O)c12)CCCCC3. The molecule has 7 heteroatoms. The van der Waals surface area contributed by atoms with Gasteiger partial charge in [-0.3, -0.25) is 14.2 Å². The zero-order valence-electron chi connectivity index (χ0n) is 16.9. The molecule has 0 fully saturated rings. The van der Waals surface area contributed by atoms with Crippen molar-refractivity contribution in [1.82, 2.24) is 14.5 Å². The third-order valence-corrected chi connectivity index (χ3v) is 7.29. The molecule has 2 aromatic heterocycles. The zero-order chi connectivity index (χ0) is 20.7. The van der Waals surface area contributed by atoms with Crippen molar-refractivity contribution in [3.63, 3.8) is 0 Å². The summed E-state index contributed by atoms with van der Waals surface area (Å²) in [6.45, 7) is 4.56. The van der Waals surface area contributed by atoms with Gasteiger partial charge in [-0.1, -0.05) is 30.2 Å². The molecule has 152 valence electrons. The van der Waals surface area contributed by atoms with E-state index in [0.29, 0.717) is 26.7 Å². The highest BCUT2D eigenvalue weighted by molar-refractivity contribution is 7.20. The van der Waals surface area contributed by atoms with Gasteiger partial charge in [0, 0.05) is 25.0 Å². The highest BCUT2D eigenvalue weighted by Crippen LogP contribution is 2.31. The maximum Gasteiger partial charge on any atom is 0.264 e. The Labute approximate surface area is 178 Å². The summed E-state index contributed by atoms with van der Waals surface area (Å²) in [6, 6.07) is 7.40. The molecule has 1 amide bonds. The Morgan fingerprint density at radius 3 is 2.69 bits per heavy atom. The first-order valence-electron chi connectivity index (χ1n) is 9.94. The van der Waals surface area contributed by atoms with Gasteiger partial charge < -0.3 is 4.90 Å². The summed E-state index contributed by atoms with van der Waals surface area (Å²) in [7, 11) is 1.79. The first-order valence-corrected chi connectivity index (χ1v) is 11.1. The molecule has 0 spiro atoms. The van der Waals surface area contributed by atoms with Crippen molar-refractivity contribution >= 4 is 39.1 Å². The Morgan fingerprint density at radius 1 is 1.24 bits per heavy atom. The summed E-state index contributed by atoms with van der Waals surface area (Å²) < 4.78 is 1.81. The zero-order valence-corrected chi connectivity index (χ0v) is 18.4. The van der Waals surface area contributed by atoms with Crippen LogP contribution in [0.1, 0.15) is 58.9 Å². The molecule has 0 bridgehead atoms.